The first-order valence-electron chi connectivity index (χ1n) is 5.95. The van der Waals surface area contributed by atoms with Gasteiger partial charge in [0.1, 0.15) is 0 Å². The summed E-state index contributed by atoms with van der Waals surface area (Å²) in [5, 5.41) is 7.59. The van der Waals surface area contributed by atoms with Crippen molar-refractivity contribution in [2.24, 2.45) is 5.73 Å². The first kappa shape index (κ1) is 13.4. The molecule has 0 radical (unpaired) electrons. The Bertz CT molecular complexity index is 552. The molecule has 6 heteroatoms. The Morgan fingerprint density at radius 1 is 1.32 bits per heavy atom. The van der Waals surface area contributed by atoms with E-state index in [2.05, 4.69) is 10.2 Å². The quantitative estimate of drug-likeness (QED) is 0.888. The van der Waals surface area contributed by atoms with Crippen LogP contribution < -0.4 is 15.2 Å². The van der Waals surface area contributed by atoms with Crippen molar-refractivity contribution in [1.29, 1.82) is 0 Å². The van der Waals surface area contributed by atoms with E-state index in [1.54, 1.807) is 14.0 Å². The molecule has 1 aromatic heterocycles. The number of aromatic nitrogens is 2. The minimum atomic E-state index is -0.0541. The summed E-state index contributed by atoms with van der Waals surface area (Å²) in [6, 6.07) is 5.53. The van der Waals surface area contributed by atoms with Crippen LogP contribution in [-0.4, -0.2) is 17.3 Å². The number of hydrogen-bond donors (Lipinski definition) is 1. The summed E-state index contributed by atoms with van der Waals surface area (Å²) < 4.78 is 16.1. The van der Waals surface area contributed by atoms with Crippen LogP contribution in [0.4, 0.5) is 0 Å². The highest BCUT2D eigenvalue weighted by atomic mass is 16.5. The molecule has 0 saturated heterocycles. The molecule has 1 atom stereocenters. The molecule has 0 aliphatic heterocycles. The van der Waals surface area contributed by atoms with E-state index < -0.39 is 0 Å². The van der Waals surface area contributed by atoms with Gasteiger partial charge in [-0.15, -0.1) is 10.2 Å². The van der Waals surface area contributed by atoms with E-state index in [1.807, 2.05) is 25.1 Å². The molecular weight excluding hydrogens is 246 g/mol. The number of nitrogens with zero attached hydrogens (tertiary/aromatic N) is 2. The molecule has 102 valence electrons. The standard InChI is InChI=1S/C13H17N3O3/c1-8(14)10-4-5-11(12(6-10)17-3)18-7-13-16-15-9(2)19-13/h4-6,8H,7,14H2,1-3H3/t8-/m1/s1. The van der Waals surface area contributed by atoms with Gasteiger partial charge in [-0.2, -0.15) is 0 Å². The topological polar surface area (TPSA) is 83.4 Å². The number of nitrogens with two attached hydrogens (primary N) is 1. The number of methoxy groups -OCH3 is 1. The molecule has 6 nitrogen and oxygen atoms in total. The van der Waals surface area contributed by atoms with Crippen molar-refractivity contribution in [1.82, 2.24) is 10.2 Å². The molecule has 1 aromatic carbocycles. The van der Waals surface area contributed by atoms with Gasteiger partial charge in [-0.25, -0.2) is 0 Å². The summed E-state index contributed by atoms with van der Waals surface area (Å²) in [6.07, 6.45) is 0. The van der Waals surface area contributed by atoms with Crippen LogP contribution in [-0.2, 0) is 6.61 Å². The molecule has 0 spiro atoms. The Morgan fingerprint density at radius 3 is 2.68 bits per heavy atom. The Kier molecular flexibility index (Phi) is 4.01. The highest BCUT2D eigenvalue weighted by Crippen LogP contribution is 2.30. The van der Waals surface area contributed by atoms with E-state index in [9.17, 15) is 0 Å². The van der Waals surface area contributed by atoms with Gasteiger partial charge in [-0.05, 0) is 24.6 Å². The summed E-state index contributed by atoms with van der Waals surface area (Å²) >= 11 is 0. The van der Waals surface area contributed by atoms with E-state index in [0.29, 0.717) is 23.3 Å². The lowest BCUT2D eigenvalue weighted by atomic mass is 10.1. The van der Waals surface area contributed by atoms with E-state index >= 15 is 0 Å². The lowest BCUT2D eigenvalue weighted by Gasteiger charge is -2.12. The summed E-state index contributed by atoms with van der Waals surface area (Å²) in [4.78, 5) is 0. The van der Waals surface area contributed by atoms with Crippen molar-refractivity contribution in [3.8, 4) is 11.5 Å². The van der Waals surface area contributed by atoms with Crippen molar-refractivity contribution in [3.05, 3.63) is 35.5 Å². The third kappa shape index (κ3) is 3.23. The Hall–Kier alpha value is -2.08. The van der Waals surface area contributed by atoms with Crippen LogP contribution in [0.15, 0.2) is 22.6 Å². The van der Waals surface area contributed by atoms with Gasteiger partial charge in [0.25, 0.3) is 5.89 Å². The molecular formula is C13H17N3O3. The molecule has 0 aliphatic carbocycles. The number of hydrogen-bond acceptors (Lipinski definition) is 6. The molecule has 0 bridgehead atoms. The van der Waals surface area contributed by atoms with Crippen molar-refractivity contribution >= 4 is 0 Å². The fourth-order valence-corrected chi connectivity index (χ4v) is 1.62. The molecule has 0 saturated carbocycles. The van der Waals surface area contributed by atoms with Crippen LogP contribution in [0.5, 0.6) is 11.5 Å². The monoisotopic (exact) mass is 263 g/mol. The maximum atomic E-state index is 5.83. The average molecular weight is 263 g/mol. The summed E-state index contributed by atoms with van der Waals surface area (Å²) in [5.41, 5.74) is 6.81. The third-order valence-corrected chi connectivity index (χ3v) is 2.63. The van der Waals surface area contributed by atoms with Crippen molar-refractivity contribution in [2.75, 3.05) is 7.11 Å². The van der Waals surface area contributed by atoms with Gasteiger partial charge in [-0.1, -0.05) is 6.07 Å². The molecule has 0 aliphatic rings. The van der Waals surface area contributed by atoms with Crippen molar-refractivity contribution in [2.45, 2.75) is 26.5 Å². The van der Waals surface area contributed by atoms with Gasteiger partial charge >= 0.3 is 0 Å². The minimum Gasteiger partial charge on any atom is -0.493 e. The average Bonchev–Trinajstić information content (AvgIpc) is 2.81. The molecule has 0 fully saturated rings. The van der Waals surface area contributed by atoms with Gasteiger partial charge in [0, 0.05) is 13.0 Å². The number of benzene rings is 1. The minimum absolute atomic E-state index is 0.0541. The van der Waals surface area contributed by atoms with Gasteiger partial charge in [0.05, 0.1) is 7.11 Å². The molecule has 0 unspecified atom stereocenters. The van der Waals surface area contributed by atoms with E-state index in [-0.39, 0.29) is 12.6 Å². The maximum absolute atomic E-state index is 5.83. The molecule has 1 heterocycles. The zero-order chi connectivity index (χ0) is 13.8. The van der Waals surface area contributed by atoms with Crippen LogP contribution in [0.1, 0.15) is 30.3 Å². The summed E-state index contributed by atoms with van der Waals surface area (Å²) in [7, 11) is 1.59. The van der Waals surface area contributed by atoms with Gasteiger partial charge in [-0.3, -0.25) is 0 Å². The summed E-state index contributed by atoms with van der Waals surface area (Å²) in [5.74, 6) is 2.18. The Labute approximate surface area is 111 Å². The highest BCUT2D eigenvalue weighted by Gasteiger charge is 2.10. The fraction of sp³-hybridized carbons (Fsp3) is 0.385. The second-order valence-electron chi connectivity index (χ2n) is 4.20. The lowest BCUT2D eigenvalue weighted by Crippen LogP contribution is -2.05. The lowest BCUT2D eigenvalue weighted by molar-refractivity contribution is 0.248. The van der Waals surface area contributed by atoms with Crippen LogP contribution in [0, 0.1) is 6.92 Å². The molecule has 0 amide bonds. The van der Waals surface area contributed by atoms with Crippen LogP contribution in [0.2, 0.25) is 0 Å². The molecule has 2 N–H and O–H groups in total. The SMILES string of the molecule is COc1cc([C@@H](C)N)ccc1OCc1nnc(C)o1. The molecule has 2 rings (SSSR count). The maximum Gasteiger partial charge on any atom is 0.253 e. The van der Waals surface area contributed by atoms with Crippen molar-refractivity contribution in [3.63, 3.8) is 0 Å². The van der Waals surface area contributed by atoms with Crippen LogP contribution in [0.25, 0.3) is 0 Å². The predicted octanol–water partition coefficient (Wildman–Crippen LogP) is 1.99. The highest BCUT2D eigenvalue weighted by molar-refractivity contribution is 5.43. The normalized spacial score (nSPS) is 12.2. The van der Waals surface area contributed by atoms with Crippen molar-refractivity contribution < 1.29 is 13.9 Å². The van der Waals surface area contributed by atoms with E-state index in [4.69, 9.17) is 19.6 Å². The zero-order valence-corrected chi connectivity index (χ0v) is 11.2. The molecule has 2 aromatic rings. The fourth-order valence-electron chi connectivity index (χ4n) is 1.62. The zero-order valence-electron chi connectivity index (χ0n) is 11.2. The van der Waals surface area contributed by atoms with Crippen LogP contribution in [0.3, 0.4) is 0 Å². The first-order chi connectivity index (χ1) is 9.10. The number of aryl methyl sites for hydroxylation is 1. The summed E-state index contributed by atoms with van der Waals surface area (Å²) in [6.45, 7) is 3.85. The van der Waals surface area contributed by atoms with E-state index in [1.165, 1.54) is 0 Å². The second-order valence-corrected chi connectivity index (χ2v) is 4.20. The number of ether oxygens (including phenoxy) is 2. The third-order valence-electron chi connectivity index (χ3n) is 2.63. The second kappa shape index (κ2) is 5.71. The van der Waals surface area contributed by atoms with E-state index in [0.717, 1.165) is 5.56 Å². The first-order valence-corrected chi connectivity index (χ1v) is 5.95. The van der Waals surface area contributed by atoms with Gasteiger partial charge in [0.15, 0.2) is 18.1 Å². The largest absolute Gasteiger partial charge is 0.493 e. The Balaban J connectivity index is 2.11. The predicted molar refractivity (Wildman–Crippen MR) is 69.0 cm³/mol. The van der Waals surface area contributed by atoms with Gasteiger partial charge in [0.2, 0.25) is 5.89 Å². The Morgan fingerprint density at radius 2 is 2.11 bits per heavy atom. The number of rotatable bonds is 5. The smallest absolute Gasteiger partial charge is 0.253 e. The van der Waals surface area contributed by atoms with Crippen LogP contribution >= 0.6 is 0 Å². The molecule has 19 heavy (non-hydrogen) atoms. The van der Waals surface area contributed by atoms with Gasteiger partial charge < -0.3 is 19.6 Å².